The number of hydrogen-bond acceptors (Lipinski definition) is 7. The molecule has 0 aliphatic carbocycles. The van der Waals surface area contributed by atoms with Gasteiger partial charge in [-0.2, -0.15) is 0 Å². The van der Waals surface area contributed by atoms with Crippen LogP contribution >= 0.6 is 0 Å². The van der Waals surface area contributed by atoms with Gasteiger partial charge in [0, 0.05) is 11.8 Å². The fourth-order valence-electron chi connectivity index (χ4n) is 4.04. The third kappa shape index (κ3) is 2.97. The Morgan fingerprint density at radius 1 is 0.889 bits per heavy atom. The number of phenolic OH excluding ortho intramolecular Hbond substituents is 2. The summed E-state index contributed by atoms with van der Waals surface area (Å²) in [6.45, 7) is 0.420. The van der Waals surface area contributed by atoms with Crippen LogP contribution in [0.4, 0.5) is 0 Å². The normalized spacial score (nSPS) is 29.5. The van der Waals surface area contributed by atoms with Gasteiger partial charge in [0.05, 0.1) is 33.0 Å². The number of aromatic hydroxyl groups is 2. The van der Waals surface area contributed by atoms with E-state index >= 15 is 0 Å². The summed E-state index contributed by atoms with van der Waals surface area (Å²) in [6, 6.07) is 10.0. The number of aliphatic hydroxyl groups is 1. The lowest BCUT2D eigenvalue weighted by atomic mass is 9.84. The second kappa shape index (κ2) is 6.92. The summed E-state index contributed by atoms with van der Waals surface area (Å²) in [5, 5.41) is 30.2. The van der Waals surface area contributed by atoms with Gasteiger partial charge in [-0.25, -0.2) is 0 Å². The smallest absolute Gasteiger partial charge is 0.161 e. The number of fused-ring (bicyclic) bond motifs is 1. The van der Waals surface area contributed by atoms with E-state index in [-0.39, 0.29) is 35.5 Å². The van der Waals surface area contributed by atoms with Crippen LogP contribution in [0, 0.1) is 11.8 Å². The second-order valence-electron chi connectivity index (χ2n) is 6.80. The van der Waals surface area contributed by atoms with Crippen LogP contribution in [-0.4, -0.2) is 42.4 Å². The van der Waals surface area contributed by atoms with E-state index in [4.69, 9.17) is 18.9 Å². The Morgan fingerprint density at radius 3 is 2.00 bits per heavy atom. The molecule has 0 saturated carbocycles. The van der Waals surface area contributed by atoms with E-state index < -0.39 is 6.29 Å². The molecule has 27 heavy (non-hydrogen) atoms. The summed E-state index contributed by atoms with van der Waals surface area (Å²) in [6.07, 6.45) is -1.74. The van der Waals surface area contributed by atoms with Crippen molar-refractivity contribution in [3.05, 3.63) is 47.5 Å². The van der Waals surface area contributed by atoms with Crippen molar-refractivity contribution >= 4 is 0 Å². The predicted molar refractivity (Wildman–Crippen MR) is 94.8 cm³/mol. The maximum atomic E-state index is 10.6. The average molecular weight is 374 g/mol. The van der Waals surface area contributed by atoms with Gasteiger partial charge in [-0.05, 0) is 35.4 Å². The van der Waals surface area contributed by atoms with E-state index in [9.17, 15) is 15.3 Å². The maximum Gasteiger partial charge on any atom is 0.161 e. The first-order valence-corrected chi connectivity index (χ1v) is 8.72. The van der Waals surface area contributed by atoms with Gasteiger partial charge < -0.3 is 34.3 Å². The van der Waals surface area contributed by atoms with E-state index in [1.807, 2.05) is 0 Å². The molecule has 7 heteroatoms. The van der Waals surface area contributed by atoms with Crippen LogP contribution in [0.5, 0.6) is 23.0 Å². The lowest BCUT2D eigenvalue weighted by molar-refractivity contribution is -0.134. The van der Waals surface area contributed by atoms with E-state index in [0.717, 1.165) is 11.1 Å². The molecule has 4 rings (SSSR count). The third-order valence-corrected chi connectivity index (χ3v) is 5.38. The highest BCUT2D eigenvalue weighted by Gasteiger charge is 2.53. The molecule has 2 fully saturated rings. The molecule has 0 radical (unpaired) electrons. The Kier molecular flexibility index (Phi) is 4.59. The molecule has 0 spiro atoms. The Hall–Kier alpha value is -2.48. The number of rotatable bonds is 4. The molecular weight excluding hydrogens is 352 g/mol. The molecule has 0 amide bonds. The van der Waals surface area contributed by atoms with Gasteiger partial charge in [-0.15, -0.1) is 0 Å². The topological polar surface area (TPSA) is 97.6 Å². The highest BCUT2D eigenvalue weighted by Crippen LogP contribution is 2.53. The van der Waals surface area contributed by atoms with E-state index in [2.05, 4.69) is 0 Å². The Bertz CT molecular complexity index is 786. The third-order valence-electron chi connectivity index (χ3n) is 5.38. The monoisotopic (exact) mass is 374 g/mol. The van der Waals surface area contributed by atoms with Crippen LogP contribution in [0.15, 0.2) is 36.4 Å². The first kappa shape index (κ1) is 17.9. The number of benzene rings is 2. The van der Waals surface area contributed by atoms with Gasteiger partial charge in [0.25, 0.3) is 0 Å². The summed E-state index contributed by atoms with van der Waals surface area (Å²) < 4.78 is 22.2. The zero-order chi connectivity index (χ0) is 19.1. The van der Waals surface area contributed by atoms with Gasteiger partial charge in [-0.1, -0.05) is 12.1 Å². The highest BCUT2D eigenvalue weighted by atomic mass is 16.6. The number of phenols is 2. The minimum Gasteiger partial charge on any atom is -0.504 e. The number of ether oxygens (including phenoxy) is 4. The fourth-order valence-corrected chi connectivity index (χ4v) is 4.04. The van der Waals surface area contributed by atoms with Crippen molar-refractivity contribution in [2.45, 2.75) is 18.5 Å². The SMILES string of the molecule is COc1cc([C@H]2O[C@H](O)C3C2CO[C@@H]3c2ccc(O)c(OC)c2)ccc1O. The van der Waals surface area contributed by atoms with Gasteiger partial charge in [0.15, 0.2) is 29.3 Å². The minimum atomic E-state index is -0.993. The molecule has 2 aliphatic rings. The van der Waals surface area contributed by atoms with Crippen molar-refractivity contribution in [1.29, 1.82) is 0 Å². The molecule has 2 aromatic carbocycles. The number of methoxy groups -OCH3 is 2. The van der Waals surface area contributed by atoms with Crippen LogP contribution in [0.2, 0.25) is 0 Å². The summed E-state index contributed by atoms with van der Waals surface area (Å²) in [4.78, 5) is 0. The first-order chi connectivity index (χ1) is 13.0. The Morgan fingerprint density at radius 2 is 1.44 bits per heavy atom. The minimum absolute atomic E-state index is 0.0492. The summed E-state index contributed by atoms with van der Waals surface area (Å²) in [5.41, 5.74) is 1.62. The zero-order valence-electron chi connectivity index (χ0n) is 15.0. The Labute approximate surface area is 156 Å². The zero-order valence-corrected chi connectivity index (χ0v) is 15.0. The summed E-state index contributed by atoms with van der Waals surface area (Å²) in [7, 11) is 2.97. The van der Waals surface area contributed by atoms with E-state index in [1.54, 1.807) is 36.4 Å². The summed E-state index contributed by atoms with van der Waals surface area (Å²) >= 11 is 0. The molecule has 2 aliphatic heterocycles. The van der Waals surface area contributed by atoms with Crippen LogP contribution in [0.1, 0.15) is 23.3 Å². The van der Waals surface area contributed by atoms with Crippen LogP contribution in [0.3, 0.4) is 0 Å². The van der Waals surface area contributed by atoms with Crippen molar-refractivity contribution in [3.8, 4) is 23.0 Å². The fraction of sp³-hybridized carbons (Fsp3) is 0.400. The van der Waals surface area contributed by atoms with Gasteiger partial charge >= 0.3 is 0 Å². The molecule has 7 nitrogen and oxygen atoms in total. The quantitative estimate of drug-likeness (QED) is 0.756. The number of hydrogen-bond donors (Lipinski definition) is 3. The average Bonchev–Trinajstić information content (AvgIpc) is 3.24. The van der Waals surface area contributed by atoms with Crippen molar-refractivity contribution < 1.29 is 34.3 Å². The molecule has 144 valence electrons. The van der Waals surface area contributed by atoms with Crippen LogP contribution in [-0.2, 0) is 9.47 Å². The molecule has 2 heterocycles. The first-order valence-electron chi connectivity index (χ1n) is 8.72. The lowest BCUT2D eigenvalue weighted by Gasteiger charge is -2.20. The van der Waals surface area contributed by atoms with Crippen molar-refractivity contribution in [2.75, 3.05) is 20.8 Å². The van der Waals surface area contributed by atoms with E-state index in [0.29, 0.717) is 18.1 Å². The second-order valence-corrected chi connectivity index (χ2v) is 6.80. The van der Waals surface area contributed by atoms with Crippen molar-refractivity contribution in [2.24, 2.45) is 11.8 Å². The maximum absolute atomic E-state index is 10.6. The predicted octanol–water partition coefficient (Wildman–Crippen LogP) is 2.51. The summed E-state index contributed by atoms with van der Waals surface area (Å²) in [5.74, 6) is 0.491. The van der Waals surface area contributed by atoms with Gasteiger partial charge in [0.1, 0.15) is 0 Å². The standard InChI is InChI=1S/C20H22O7/c1-24-15-7-10(3-5-13(15)21)18-12-9-26-19(17(12)20(23)27-18)11-4-6-14(22)16(8-11)25-2/h3-8,12,17-23H,9H2,1-2H3/t12?,17?,18-,19-,20+/m1/s1. The van der Waals surface area contributed by atoms with Crippen LogP contribution < -0.4 is 9.47 Å². The molecular formula is C20H22O7. The van der Waals surface area contributed by atoms with Gasteiger partial charge in [-0.3, -0.25) is 0 Å². The lowest BCUT2D eigenvalue weighted by Crippen LogP contribution is -2.22. The van der Waals surface area contributed by atoms with Crippen molar-refractivity contribution in [1.82, 2.24) is 0 Å². The van der Waals surface area contributed by atoms with Crippen LogP contribution in [0.25, 0.3) is 0 Å². The molecule has 5 atom stereocenters. The molecule has 3 N–H and O–H groups in total. The Balaban J connectivity index is 1.63. The number of aliphatic hydroxyl groups excluding tert-OH is 1. The largest absolute Gasteiger partial charge is 0.504 e. The molecule has 0 aromatic heterocycles. The van der Waals surface area contributed by atoms with E-state index in [1.165, 1.54) is 14.2 Å². The van der Waals surface area contributed by atoms with Crippen molar-refractivity contribution in [3.63, 3.8) is 0 Å². The molecule has 0 bridgehead atoms. The van der Waals surface area contributed by atoms with Gasteiger partial charge in [0.2, 0.25) is 0 Å². The molecule has 2 aromatic rings. The molecule has 2 unspecified atom stereocenters. The highest BCUT2D eigenvalue weighted by molar-refractivity contribution is 5.44. The molecule has 2 saturated heterocycles.